The summed E-state index contributed by atoms with van der Waals surface area (Å²) >= 11 is 0. The lowest BCUT2D eigenvalue weighted by molar-refractivity contribution is -0.161. The summed E-state index contributed by atoms with van der Waals surface area (Å²) in [5.74, 6) is -1.59. The standard InChI is InChI=1S/C91H154O16P2/c1-4-7-10-13-16-19-22-25-28-31-34-36-38-40-42-44-46-48-51-53-56-59-62-65-68-71-74-77-89(94)101-80-86(92)81-103-108(97,98)104-82-87(93)83-105-109(99,100)106-85-88(107-91(96)79-76-73-70-67-64-61-58-55-50-33-30-27-24-21-18-15-12-9-6-3)84-102-90(95)78-75-72-69-66-63-60-57-54-52-49-47-45-43-41-39-37-35-32-29-26-23-20-17-14-11-8-5-2/h7-8,10-11,16-21,25-30,34-37,40-43,50,55,86-88,92-93H,4-6,9,12-15,22-24,31-33,38-39,44-49,51-54,56-85H2,1-3H3,(H,97,98)(H,99,100)/b10-7-,11-8-,19-16-,20-17-,21-18-,28-25-,29-26-,30-27-,36-34-,37-35-,42-40-,43-41-,55-50-. The molecule has 0 aliphatic heterocycles. The number of aliphatic hydroxyl groups excluding tert-OH is 2. The molecule has 0 saturated heterocycles. The van der Waals surface area contributed by atoms with Crippen LogP contribution in [0.2, 0.25) is 0 Å². The molecule has 0 rings (SSSR count). The number of hydrogen-bond acceptors (Lipinski definition) is 14. The molecule has 16 nitrogen and oxygen atoms in total. The van der Waals surface area contributed by atoms with Gasteiger partial charge in [0.05, 0.1) is 26.4 Å². The summed E-state index contributed by atoms with van der Waals surface area (Å²) < 4.78 is 61.3. The van der Waals surface area contributed by atoms with Crippen molar-refractivity contribution in [2.75, 3.05) is 39.6 Å². The number of carbonyl (C=O) groups excluding carboxylic acids is 3. The van der Waals surface area contributed by atoms with Crippen LogP contribution in [0, 0.1) is 0 Å². The number of hydrogen-bond donors (Lipinski definition) is 4. The van der Waals surface area contributed by atoms with E-state index in [4.69, 9.17) is 32.3 Å². The van der Waals surface area contributed by atoms with E-state index < -0.39 is 91.5 Å². The van der Waals surface area contributed by atoms with Gasteiger partial charge in [-0.25, -0.2) is 9.13 Å². The van der Waals surface area contributed by atoms with Crippen molar-refractivity contribution >= 4 is 33.6 Å². The van der Waals surface area contributed by atoms with Gasteiger partial charge >= 0.3 is 33.6 Å². The first kappa shape index (κ1) is 104. The third-order valence-electron chi connectivity index (χ3n) is 17.7. The van der Waals surface area contributed by atoms with Gasteiger partial charge in [0.2, 0.25) is 0 Å². The maximum absolute atomic E-state index is 13.0. The molecule has 0 saturated carbocycles. The van der Waals surface area contributed by atoms with Crippen LogP contribution in [0.15, 0.2) is 158 Å². The number of carbonyl (C=O) groups is 3. The lowest BCUT2D eigenvalue weighted by atomic mass is 10.0. The second kappa shape index (κ2) is 82.6. The van der Waals surface area contributed by atoms with Crippen LogP contribution in [0.4, 0.5) is 0 Å². The van der Waals surface area contributed by atoms with Gasteiger partial charge in [-0.3, -0.25) is 32.5 Å². The fourth-order valence-electron chi connectivity index (χ4n) is 11.3. The van der Waals surface area contributed by atoms with E-state index in [0.29, 0.717) is 19.3 Å². The summed E-state index contributed by atoms with van der Waals surface area (Å²) in [4.78, 5) is 58.9. The van der Waals surface area contributed by atoms with Gasteiger partial charge in [-0.15, -0.1) is 0 Å². The molecular weight excluding hydrogens is 1410 g/mol. The second-order valence-corrected chi connectivity index (χ2v) is 31.1. The lowest BCUT2D eigenvalue weighted by Crippen LogP contribution is -2.30. The molecule has 0 fully saturated rings. The Labute approximate surface area is 663 Å². The zero-order chi connectivity index (χ0) is 79.4. The number of phosphoric acid groups is 2. The molecule has 109 heavy (non-hydrogen) atoms. The molecule has 0 aliphatic rings. The first-order valence-electron chi connectivity index (χ1n) is 42.8. The number of aliphatic hydroxyl groups is 2. The molecule has 5 atom stereocenters. The summed E-state index contributed by atoms with van der Waals surface area (Å²) in [5, 5.41) is 20.7. The van der Waals surface area contributed by atoms with Gasteiger partial charge < -0.3 is 34.2 Å². The van der Waals surface area contributed by atoms with E-state index in [9.17, 15) is 43.5 Å². The van der Waals surface area contributed by atoms with Crippen LogP contribution < -0.4 is 0 Å². The minimum absolute atomic E-state index is 0.0858. The van der Waals surface area contributed by atoms with Gasteiger partial charge in [-0.1, -0.05) is 333 Å². The number of esters is 3. The molecule has 0 aromatic heterocycles. The number of unbranched alkanes of at least 4 members (excludes halogenated alkanes) is 31. The van der Waals surface area contributed by atoms with E-state index in [1.165, 1.54) is 103 Å². The molecule has 0 radical (unpaired) electrons. The molecule has 624 valence electrons. The van der Waals surface area contributed by atoms with E-state index >= 15 is 0 Å². The minimum Gasteiger partial charge on any atom is -0.463 e. The molecule has 18 heteroatoms. The normalized spacial score (nSPS) is 14.7. The first-order valence-corrected chi connectivity index (χ1v) is 45.8. The Bertz CT molecular complexity index is 2610. The first-order chi connectivity index (χ1) is 53.2. The number of phosphoric ester groups is 2. The molecule has 4 N–H and O–H groups in total. The molecule has 0 bridgehead atoms. The third-order valence-corrected chi connectivity index (χ3v) is 19.6. The van der Waals surface area contributed by atoms with Crippen molar-refractivity contribution in [1.82, 2.24) is 0 Å². The van der Waals surface area contributed by atoms with Gasteiger partial charge in [0.25, 0.3) is 0 Å². The fraction of sp³-hybridized carbons (Fsp3) is 0.681. The van der Waals surface area contributed by atoms with Gasteiger partial charge in [-0.2, -0.15) is 0 Å². The van der Waals surface area contributed by atoms with Gasteiger partial charge in [0.15, 0.2) is 6.10 Å². The highest BCUT2D eigenvalue weighted by Gasteiger charge is 2.29. The van der Waals surface area contributed by atoms with E-state index in [0.717, 1.165) is 180 Å². The van der Waals surface area contributed by atoms with Gasteiger partial charge in [0.1, 0.15) is 25.4 Å². The van der Waals surface area contributed by atoms with E-state index in [2.05, 4.69) is 179 Å². The molecule has 5 unspecified atom stereocenters. The summed E-state index contributed by atoms with van der Waals surface area (Å²) in [7, 11) is -9.81. The van der Waals surface area contributed by atoms with Crippen LogP contribution in [0.5, 0.6) is 0 Å². The smallest absolute Gasteiger partial charge is 0.463 e. The van der Waals surface area contributed by atoms with Crippen LogP contribution in [0.25, 0.3) is 0 Å². The molecule has 0 aromatic rings. The minimum atomic E-state index is -4.94. The number of rotatable bonds is 80. The average molecular weight is 1570 g/mol. The van der Waals surface area contributed by atoms with Crippen LogP contribution in [0.3, 0.4) is 0 Å². The Hall–Kier alpha value is -4.83. The van der Waals surface area contributed by atoms with Crippen molar-refractivity contribution in [3.05, 3.63) is 158 Å². The van der Waals surface area contributed by atoms with E-state index in [1.807, 2.05) is 0 Å². The largest absolute Gasteiger partial charge is 0.472 e. The highest BCUT2D eigenvalue weighted by molar-refractivity contribution is 7.47. The maximum atomic E-state index is 13.0. The summed E-state index contributed by atoms with van der Waals surface area (Å²) in [6, 6.07) is 0. The molecule has 0 aliphatic carbocycles. The van der Waals surface area contributed by atoms with Crippen molar-refractivity contribution in [2.45, 2.75) is 360 Å². The molecule has 0 aromatic carbocycles. The zero-order valence-electron chi connectivity index (χ0n) is 68.4. The Morgan fingerprint density at radius 1 is 0.266 bits per heavy atom. The van der Waals surface area contributed by atoms with Crippen LogP contribution in [-0.2, 0) is 55.8 Å². The molecule has 0 amide bonds. The predicted molar refractivity (Wildman–Crippen MR) is 454 cm³/mol. The van der Waals surface area contributed by atoms with Crippen molar-refractivity contribution in [3.8, 4) is 0 Å². The second-order valence-electron chi connectivity index (χ2n) is 28.2. The van der Waals surface area contributed by atoms with E-state index in [-0.39, 0.29) is 19.3 Å². The molecule has 0 heterocycles. The lowest BCUT2D eigenvalue weighted by Gasteiger charge is -2.21. The Kier molecular flexibility index (Phi) is 79.0. The zero-order valence-corrected chi connectivity index (χ0v) is 70.2. The van der Waals surface area contributed by atoms with E-state index in [1.54, 1.807) is 0 Å². The number of ether oxygens (including phenoxy) is 3. The van der Waals surface area contributed by atoms with Gasteiger partial charge in [-0.05, 0) is 148 Å². The Morgan fingerprint density at radius 2 is 0.486 bits per heavy atom. The van der Waals surface area contributed by atoms with Crippen molar-refractivity contribution in [2.24, 2.45) is 0 Å². The van der Waals surface area contributed by atoms with Crippen LogP contribution >= 0.6 is 15.6 Å². The third kappa shape index (κ3) is 83.9. The Morgan fingerprint density at radius 3 is 0.771 bits per heavy atom. The topological polar surface area (TPSA) is 231 Å². The number of allylic oxidation sites excluding steroid dienone is 26. The maximum Gasteiger partial charge on any atom is 0.472 e. The fourth-order valence-corrected chi connectivity index (χ4v) is 12.9. The van der Waals surface area contributed by atoms with Crippen molar-refractivity contribution < 1.29 is 75.8 Å². The van der Waals surface area contributed by atoms with Crippen molar-refractivity contribution in [1.29, 1.82) is 0 Å². The summed E-state index contributed by atoms with van der Waals surface area (Å²) in [6.07, 6.45) is 104. The molecule has 0 spiro atoms. The van der Waals surface area contributed by atoms with Gasteiger partial charge in [0, 0.05) is 19.3 Å². The van der Waals surface area contributed by atoms with Crippen molar-refractivity contribution in [3.63, 3.8) is 0 Å². The van der Waals surface area contributed by atoms with Crippen LogP contribution in [0.1, 0.15) is 342 Å². The monoisotopic (exact) mass is 1570 g/mol. The molecular formula is C91H154O16P2. The summed E-state index contributed by atoms with van der Waals surface area (Å²) in [5.41, 5.74) is 0. The Balaban J connectivity index is 4.63. The quantitative estimate of drug-likeness (QED) is 0.0146. The highest BCUT2D eigenvalue weighted by atomic mass is 31.2. The summed E-state index contributed by atoms with van der Waals surface area (Å²) in [6.45, 7) is 2.43. The SMILES string of the molecule is CC/C=C\C/C=C\C/C=C\C/C=C\C/C=C\CCCCCCCCCCCCCC(=O)OCC(O)COP(=O)(O)OCC(O)COP(=O)(O)OCC(COC(=O)CCCCCCCCCCCCC/C=C\C/C=C\C/C=C\C/C=C\C/C=C\CC)OC(=O)CCCCCCCC/C=C\C/C=C\C/C=C\CCCCC. The van der Waals surface area contributed by atoms with Crippen LogP contribution in [-0.4, -0.2) is 95.9 Å². The average Bonchev–Trinajstić information content (AvgIpc) is 0.947. The predicted octanol–water partition coefficient (Wildman–Crippen LogP) is 25.8. The highest BCUT2D eigenvalue weighted by Crippen LogP contribution is 2.45.